The molecule has 0 amide bonds. The van der Waals surface area contributed by atoms with Crippen LogP contribution in [0.4, 0.5) is 0 Å². The fraction of sp³-hybridized carbons (Fsp3) is 0.778. The normalized spacial score (nSPS) is 35.2. The van der Waals surface area contributed by atoms with Gasteiger partial charge < -0.3 is 15.5 Å². The van der Waals surface area contributed by atoms with Gasteiger partial charge in [0.05, 0.1) is 0 Å². The molecule has 2 aliphatic rings. The SMILES string of the molecule is CC1=CN(C)C(C2CCCN2)N1. The van der Waals surface area contributed by atoms with E-state index in [9.17, 15) is 0 Å². The lowest BCUT2D eigenvalue weighted by atomic mass is 10.2. The van der Waals surface area contributed by atoms with Gasteiger partial charge >= 0.3 is 0 Å². The lowest BCUT2D eigenvalue weighted by molar-refractivity contribution is 0.265. The Morgan fingerprint density at radius 2 is 2.42 bits per heavy atom. The summed E-state index contributed by atoms with van der Waals surface area (Å²) in [6, 6.07) is 0.628. The van der Waals surface area contributed by atoms with Gasteiger partial charge in [0, 0.05) is 25.0 Å². The van der Waals surface area contributed by atoms with Gasteiger partial charge in [0.2, 0.25) is 0 Å². The zero-order valence-corrected chi connectivity index (χ0v) is 7.80. The van der Waals surface area contributed by atoms with Crippen LogP contribution in [0.5, 0.6) is 0 Å². The van der Waals surface area contributed by atoms with Crippen LogP contribution in [-0.4, -0.2) is 30.7 Å². The number of likely N-dealkylation sites (N-methyl/N-ethyl adjacent to an activating group) is 1. The van der Waals surface area contributed by atoms with Crippen molar-refractivity contribution in [1.29, 1.82) is 0 Å². The van der Waals surface area contributed by atoms with Crippen molar-refractivity contribution in [2.24, 2.45) is 0 Å². The predicted octanol–water partition coefficient (Wildman–Crippen LogP) is 0.461. The second-order valence-corrected chi connectivity index (χ2v) is 3.77. The van der Waals surface area contributed by atoms with E-state index in [0.717, 1.165) is 0 Å². The van der Waals surface area contributed by atoms with Gasteiger partial charge in [-0.25, -0.2) is 0 Å². The molecule has 2 rings (SSSR count). The summed E-state index contributed by atoms with van der Waals surface area (Å²) in [5.74, 6) is 0. The summed E-state index contributed by atoms with van der Waals surface area (Å²) in [4.78, 5) is 2.26. The zero-order valence-electron chi connectivity index (χ0n) is 7.80. The Morgan fingerprint density at radius 3 is 2.92 bits per heavy atom. The lowest BCUT2D eigenvalue weighted by Crippen LogP contribution is -2.48. The summed E-state index contributed by atoms with van der Waals surface area (Å²) >= 11 is 0. The van der Waals surface area contributed by atoms with Crippen LogP contribution >= 0.6 is 0 Å². The Bertz CT molecular complexity index is 194. The van der Waals surface area contributed by atoms with E-state index >= 15 is 0 Å². The molecule has 2 N–H and O–H groups in total. The highest BCUT2D eigenvalue weighted by atomic mass is 15.3. The van der Waals surface area contributed by atoms with Crippen LogP contribution in [0.15, 0.2) is 11.9 Å². The Morgan fingerprint density at radius 1 is 1.58 bits per heavy atom. The minimum Gasteiger partial charge on any atom is -0.366 e. The van der Waals surface area contributed by atoms with Crippen LogP contribution in [0.2, 0.25) is 0 Å². The second-order valence-electron chi connectivity index (χ2n) is 3.77. The first-order valence-electron chi connectivity index (χ1n) is 4.67. The Labute approximate surface area is 73.8 Å². The first kappa shape index (κ1) is 7.92. The number of hydrogen-bond donors (Lipinski definition) is 2. The molecule has 0 aromatic carbocycles. The third-order valence-corrected chi connectivity index (χ3v) is 2.69. The molecule has 0 aromatic heterocycles. The smallest absolute Gasteiger partial charge is 0.114 e. The third-order valence-electron chi connectivity index (χ3n) is 2.69. The quantitative estimate of drug-likeness (QED) is 0.594. The van der Waals surface area contributed by atoms with Crippen molar-refractivity contribution in [1.82, 2.24) is 15.5 Å². The average Bonchev–Trinajstić information content (AvgIpc) is 2.58. The molecule has 0 saturated carbocycles. The summed E-state index contributed by atoms with van der Waals surface area (Å²) in [7, 11) is 2.13. The first-order chi connectivity index (χ1) is 5.77. The molecule has 1 saturated heterocycles. The molecule has 2 heterocycles. The van der Waals surface area contributed by atoms with Crippen molar-refractivity contribution in [2.75, 3.05) is 13.6 Å². The van der Waals surface area contributed by atoms with Crippen molar-refractivity contribution in [3.8, 4) is 0 Å². The number of allylic oxidation sites excluding steroid dienone is 1. The molecular formula is C9H17N3. The maximum atomic E-state index is 3.51. The van der Waals surface area contributed by atoms with Gasteiger partial charge in [-0.2, -0.15) is 0 Å². The molecule has 0 aromatic rings. The molecule has 2 atom stereocenters. The zero-order chi connectivity index (χ0) is 8.55. The molecule has 0 spiro atoms. The van der Waals surface area contributed by atoms with E-state index in [1.54, 1.807) is 0 Å². The van der Waals surface area contributed by atoms with E-state index in [1.165, 1.54) is 25.1 Å². The molecule has 3 heteroatoms. The van der Waals surface area contributed by atoms with Gasteiger partial charge in [-0.1, -0.05) is 0 Å². The second kappa shape index (κ2) is 2.98. The van der Waals surface area contributed by atoms with Crippen molar-refractivity contribution in [3.05, 3.63) is 11.9 Å². The number of rotatable bonds is 1. The van der Waals surface area contributed by atoms with E-state index in [0.29, 0.717) is 12.2 Å². The maximum Gasteiger partial charge on any atom is 0.114 e. The van der Waals surface area contributed by atoms with Crippen LogP contribution in [0, 0.1) is 0 Å². The Balaban J connectivity index is 1.97. The van der Waals surface area contributed by atoms with E-state index in [2.05, 4.69) is 35.7 Å². The average molecular weight is 167 g/mol. The van der Waals surface area contributed by atoms with Gasteiger partial charge in [-0.3, -0.25) is 0 Å². The number of nitrogens with zero attached hydrogens (tertiary/aromatic N) is 1. The standard InChI is InChI=1S/C9H17N3/c1-7-6-12(2)9(11-7)8-4-3-5-10-8/h6,8-11H,3-5H2,1-2H3. The fourth-order valence-electron chi connectivity index (χ4n) is 2.12. The van der Waals surface area contributed by atoms with E-state index in [4.69, 9.17) is 0 Å². The van der Waals surface area contributed by atoms with Crippen LogP contribution in [-0.2, 0) is 0 Å². The van der Waals surface area contributed by atoms with Crippen LogP contribution < -0.4 is 10.6 Å². The van der Waals surface area contributed by atoms with Crippen molar-refractivity contribution in [2.45, 2.75) is 32.0 Å². The van der Waals surface area contributed by atoms with Gasteiger partial charge in [0.25, 0.3) is 0 Å². The van der Waals surface area contributed by atoms with Crippen molar-refractivity contribution in [3.63, 3.8) is 0 Å². The fourth-order valence-corrected chi connectivity index (χ4v) is 2.12. The number of nitrogens with one attached hydrogen (secondary N) is 2. The number of hydrogen-bond acceptors (Lipinski definition) is 3. The minimum absolute atomic E-state index is 0.479. The Kier molecular flexibility index (Phi) is 1.97. The van der Waals surface area contributed by atoms with Gasteiger partial charge in [0.15, 0.2) is 0 Å². The highest BCUT2D eigenvalue weighted by molar-refractivity contribution is 5.07. The van der Waals surface area contributed by atoms with Crippen LogP contribution in [0.3, 0.4) is 0 Å². The van der Waals surface area contributed by atoms with E-state index < -0.39 is 0 Å². The van der Waals surface area contributed by atoms with Gasteiger partial charge in [-0.15, -0.1) is 0 Å². The van der Waals surface area contributed by atoms with Gasteiger partial charge in [0.1, 0.15) is 6.17 Å². The summed E-state index contributed by atoms with van der Waals surface area (Å²) in [5, 5.41) is 6.98. The molecule has 0 radical (unpaired) electrons. The van der Waals surface area contributed by atoms with Gasteiger partial charge in [-0.05, 0) is 26.3 Å². The monoisotopic (exact) mass is 167 g/mol. The molecule has 2 unspecified atom stereocenters. The molecule has 1 fully saturated rings. The van der Waals surface area contributed by atoms with Crippen LogP contribution in [0.25, 0.3) is 0 Å². The molecule has 2 aliphatic heterocycles. The topological polar surface area (TPSA) is 27.3 Å². The molecule has 0 bridgehead atoms. The molecule has 0 aliphatic carbocycles. The summed E-state index contributed by atoms with van der Waals surface area (Å²) in [6.07, 6.45) is 5.26. The van der Waals surface area contributed by atoms with E-state index in [-0.39, 0.29) is 0 Å². The molecule has 3 nitrogen and oxygen atoms in total. The maximum absolute atomic E-state index is 3.51. The summed E-state index contributed by atoms with van der Waals surface area (Å²) in [6.45, 7) is 3.29. The van der Waals surface area contributed by atoms with E-state index in [1.807, 2.05) is 0 Å². The predicted molar refractivity (Wildman–Crippen MR) is 49.5 cm³/mol. The minimum atomic E-state index is 0.479. The highest BCUT2D eigenvalue weighted by Crippen LogP contribution is 2.17. The largest absolute Gasteiger partial charge is 0.366 e. The van der Waals surface area contributed by atoms with Crippen LogP contribution in [0.1, 0.15) is 19.8 Å². The summed E-state index contributed by atoms with van der Waals surface area (Å²) < 4.78 is 0. The summed E-state index contributed by atoms with van der Waals surface area (Å²) in [5.41, 5.74) is 1.27. The third kappa shape index (κ3) is 1.29. The lowest BCUT2D eigenvalue weighted by Gasteiger charge is -2.27. The molecule has 12 heavy (non-hydrogen) atoms. The highest BCUT2D eigenvalue weighted by Gasteiger charge is 2.29. The van der Waals surface area contributed by atoms with Crippen molar-refractivity contribution >= 4 is 0 Å². The Hall–Kier alpha value is -0.700. The first-order valence-corrected chi connectivity index (χ1v) is 4.67. The van der Waals surface area contributed by atoms with Crippen molar-refractivity contribution < 1.29 is 0 Å². The molecular weight excluding hydrogens is 150 g/mol. The molecule has 68 valence electrons.